The van der Waals surface area contributed by atoms with Gasteiger partial charge in [-0.2, -0.15) is 0 Å². The minimum atomic E-state index is 0.0197. The van der Waals surface area contributed by atoms with Gasteiger partial charge < -0.3 is 13.9 Å². The summed E-state index contributed by atoms with van der Waals surface area (Å²) in [6, 6.07) is 14.0. The molecule has 1 aromatic heterocycles. The van der Waals surface area contributed by atoms with Crippen molar-refractivity contribution in [2.45, 2.75) is 59.0 Å². The van der Waals surface area contributed by atoms with E-state index in [1.165, 1.54) is 11.1 Å². The van der Waals surface area contributed by atoms with Crippen molar-refractivity contribution >= 4 is 0 Å². The first-order chi connectivity index (χ1) is 13.6. The third-order valence-corrected chi connectivity index (χ3v) is 4.80. The Labute approximate surface area is 173 Å². The zero-order valence-electron chi connectivity index (χ0n) is 18.4. The Kier molecular flexibility index (Phi) is 5.69. The van der Waals surface area contributed by atoms with Crippen LogP contribution in [0.25, 0.3) is 11.5 Å². The molecule has 154 valence electrons. The van der Waals surface area contributed by atoms with Crippen molar-refractivity contribution in [3.63, 3.8) is 0 Å². The normalized spacial score (nSPS) is 12.1. The van der Waals surface area contributed by atoms with E-state index in [0.717, 1.165) is 5.56 Å². The lowest BCUT2D eigenvalue weighted by atomic mass is 9.79. The summed E-state index contributed by atoms with van der Waals surface area (Å²) in [5.41, 5.74) is 3.45. The van der Waals surface area contributed by atoms with Crippen LogP contribution in [0.1, 0.15) is 58.6 Å². The predicted octanol–water partition coefficient (Wildman–Crippen LogP) is 5.92. The second-order valence-corrected chi connectivity index (χ2v) is 9.24. The highest BCUT2D eigenvalue weighted by Gasteiger charge is 2.22. The van der Waals surface area contributed by atoms with Crippen LogP contribution in [0.2, 0.25) is 0 Å². The quantitative estimate of drug-likeness (QED) is 0.538. The topological polar surface area (TPSA) is 57.4 Å². The highest BCUT2D eigenvalue weighted by molar-refractivity contribution is 5.57. The van der Waals surface area contributed by atoms with Gasteiger partial charge in [-0.1, -0.05) is 59.7 Å². The minimum Gasteiger partial charge on any atom is -0.493 e. The molecule has 3 aromatic rings. The Balaban J connectivity index is 1.87. The smallest absolute Gasteiger partial charge is 0.254 e. The van der Waals surface area contributed by atoms with E-state index in [-0.39, 0.29) is 17.4 Å². The monoisotopic (exact) mass is 394 g/mol. The van der Waals surface area contributed by atoms with E-state index in [1.54, 1.807) is 7.11 Å². The fourth-order valence-electron chi connectivity index (χ4n) is 2.92. The van der Waals surface area contributed by atoms with Crippen LogP contribution in [-0.2, 0) is 17.4 Å². The average molecular weight is 395 g/mol. The van der Waals surface area contributed by atoms with Gasteiger partial charge in [0.05, 0.1) is 7.11 Å². The Hall–Kier alpha value is -2.82. The number of aromatic nitrogens is 2. The zero-order chi connectivity index (χ0) is 21.2. The molecule has 29 heavy (non-hydrogen) atoms. The van der Waals surface area contributed by atoms with Crippen LogP contribution < -0.4 is 9.47 Å². The van der Waals surface area contributed by atoms with Gasteiger partial charge in [0.25, 0.3) is 5.89 Å². The molecule has 0 spiro atoms. The summed E-state index contributed by atoms with van der Waals surface area (Å²) in [7, 11) is 1.61. The van der Waals surface area contributed by atoms with Crippen LogP contribution >= 0.6 is 0 Å². The second-order valence-electron chi connectivity index (χ2n) is 9.24. The largest absolute Gasteiger partial charge is 0.493 e. The molecule has 0 saturated carbocycles. The molecule has 2 aromatic carbocycles. The van der Waals surface area contributed by atoms with E-state index in [0.29, 0.717) is 23.3 Å². The fraction of sp³-hybridized carbons (Fsp3) is 0.417. The number of hydrogen-bond donors (Lipinski definition) is 0. The maximum Gasteiger partial charge on any atom is 0.254 e. The first-order valence-electron chi connectivity index (χ1n) is 9.82. The number of ether oxygens (including phenoxy) is 2. The van der Waals surface area contributed by atoms with E-state index in [9.17, 15) is 0 Å². The number of rotatable bonds is 5. The van der Waals surface area contributed by atoms with Gasteiger partial charge >= 0.3 is 0 Å². The number of nitrogens with zero attached hydrogens (tertiary/aromatic N) is 2. The summed E-state index contributed by atoms with van der Waals surface area (Å²) in [5.74, 6) is 2.23. The molecule has 5 nitrogen and oxygen atoms in total. The van der Waals surface area contributed by atoms with Gasteiger partial charge in [0.2, 0.25) is 5.89 Å². The summed E-state index contributed by atoms with van der Waals surface area (Å²) in [6.07, 6.45) is 0. The third-order valence-electron chi connectivity index (χ3n) is 4.80. The van der Waals surface area contributed by atoms with Crippen molar-refractivity contribution in [1.82, 2.24) is 10.2 Å². The van der Waals surface area contributed by atoms with Gasteiger partial charge in [0.1, 0.15) is 0 Å². The molecular formula is C24H30N2O3. The first-order valence-corrected chi connectivity index (χ1v) is 9.82. The van der Waals surface area contributed by atoms with Crippen molar-refractivity contribution in [2.75, 3.05) is 7.11 Å². The van der Waals surface area contributed by atoms with Gasteiger partial charge in [-0.15, -0.1) is 10.2 Å². The second kappa shape index (κ2) is 7.90. The Morgan fingerprint density at radius 2 is 1.41 bits per heavy atom. The lowest BCUT2D eigenvalue weighted by Gasteiger charge is -2.25. The maximum absolute atomic E-state index is 5.91. The number of benzene rings is 2. The van der Waals surface area contributed by atoms with Crippen molar-refractivity contribution < 1.29 is 13.9 Å². The molecule has 0 atom stereocenters. The predicted molar refractivity (Wildman–Crippen MR) is 114 cm³/mol. The number of methoxy groups -OCH3 is 1. The molecule has 5 heteroatoms. The van der Waals surface area contributed by atoms with Crippen molar-refractivity contribution in [3.05, 3.63) is 59.5 Å². The SMILES string of the molecule is COc1ccccc1OCc1nnc(-c2cc(C(C)(C)C)cc(C(C)(C)C)c2)o1. The van der Waals surface area contributed by atoms with E-state index in [4.69, 9.17) is 13.9 Å². The summed E-state index contributed by atoms with van der Waals surface area (Å²) in [5, 5.41) is 8.42. The third kappa shape index (κ3) is 4.97. The molecule has 0 aliphatic heterocycles. The van der Waals surface area contributed by atoms with Gasteiger partial charge in [-0.3, -0.25) is 0 Å². The summed E-state index contributed by atoms with van der Waals surface area (Å²) in [6.45, 7) is 13.4. The Morgan fingerprint density at radius 1 is 0.828 bits per heavy atom. The van der Waals surface area contributed by atoms with E-state index in [1.807, 2.05) is 24.3 Å². The summed E-state index contributed by atoms with van der Waals surface area (Å²) in [4.78, 5) is 0. The highest BCUT2D eigenvalue weighted by atomic mass is 16.5. The Morgan fingerprint density at radius 3 is 1.97 bits per heavy atom. The van der Waals surface area contributed by atoms with Gasteiger partial charge in [-0.05, 0) is 46.2 Å². The molecule has 0 saturated heterocycles. The van der Waals surface area contributed by atoms with Crippen LogP contribution in [0.5, 0.6) is 11.5 Å². The van der Waals surface area contributed by atoms with Crippen LogP contribution in [0, 0.1) is 0 Å². The molecule has 1 heterocycles. The van der Waals surface area contributed by atoms with E-state index >= 15 is 0 Å². The van der Waals surface area contributed by atoms with E-state index < -0.39 is 0 Å². The maximum atomic E-state index is 5.91. The fourth-order valence-corrected chi connectivity index (χ4v) is 2.92. The zero-order valence-corrected chi connectivity index (χ0v) is 18.4. The molecule has 3 rings (SSSR count). The van der Waals surface area contributed by atoms with Crippen LogP contribution in [0.15, 0.2) is 46.9 Å². The number of para-hydroxylation sites is 2. The lowest BCUT2D eigenvalue weighted by molar-refractivity contribution is 0.251. The number of hydrogen-bond acceptors (Lipinski definition) is 5. The van der Waals surface area contributed by atoms with Gasteiger partial charge in [0, 0.05) is 5.56 Å². The molecule has 0 radical (unpaired) electrons. The standard InChI is InChI=1S/C24H30N2O3/c1-23(2,3)17-12-16(13-18(14-17)24(4,5)6)22-26-25-21(29-22)15-28-20-11-9-8-10-19(20)27-7/h8-14H,15H2,1-7H3. The first kappa shape index (κ1) is 20.9. The Bertz CT molecular complexity index is 946. The molecule has 0 N–H and O–H groups in total. The van der Waals surface area contributed by atoms with Crippen molar-refractivity contribution in [3.8, 4) is 23.0 Å². The lowest BCUT2D eigenvalue weighted by Crippen LogP contribution is -2.16. The minimum absolute atomic E-state index is 0.0197. The van der Waals surface area contributed by atoms with Crippen LogP contribution in [-0.4, -0.2) is 17.3 Å². The molecule has 0 bridgehead atoms. The van der Waals surface area contributed by atoms with Crippen LogP contribution in [0.3, 0.4) is 0 Å². The molecule has 0 aliphatic carbocycles. The van der Waals surface area contributed by atoms with E-state index in [2.05, 4.69) is 69.9 Å². The molecule has 0 fully saturated rings. The molecule has 0 aliphatic rings. The summed E-state index contributed by atoms with van der Waals surface area (Å²) < 4.78 is 17.0. The average Bonchev–Trinajstić information content (AvgIpc) is 3.14. The molecule has 0 unspecified atom stereocenters. The van der Waals surface area contributed by atoms with Gasteiger partial charge in [0.15, 0.2) is 18.1 Å². The van der Waals surface area contributed by atoms with Gasteiger partial charge in [-0.25, -0.2) is 0 Å². The summed E-state index contributed by atoms with van der Waals surface area (Å²) >= 11 is 0. The van der Waals surface area contributed by atoms with Crippen molar-refractivity contribution in [1.29, 1.82) is 0 Å². The van der Waals surface area contributed by atoms with Crippen LogP contribution in [0.4, 0.5) is 0 Å². The van der Waals surface area contributed by atoms with Crippen molar-refractivity contribution in [2.24, 2.45) is 0 Å². The highest BCUT2D eigenvalue weighted by Crippen LogP contribution is 2.34. The molecule has 0 amide bonds. The molecular weight excluding hydrogens is 364 g/mol.